The van der Waals surface area contributed by atoms with Crippen molar-refractivity contribution in [3.05, 3.63) is 0 Å². The highest BCUT2D eigenvalue weighted by molar-refractivity contribution is 5.72. The van der Waals surface area contributed by atoms with E-state index in [1.165, 1.54) is 13.8 Å². The highest BCUT2D eigenvalue weighted by Crippen LogP contribution is 1.88. The van der Waals surface area contributed by atoms with Crippen molar-refractivity contribution in [3.63, 3.8) is 0 Å². The number of hydrogen-bond acceptors (Lipinski definition) is 3. The first-order valence-corrected chi connectivity index (χ1v) is 5.19. The third-order valence-corrected chi connectivity index (χ3v) is 1.71. The van der Waals surface area contributed by atoms with Crippen LogP contribution < -0.4 is 10.6 Å². The summed E-state index contributed by atoms with van der Waals surface area (Å²) in [5.74, 6) is -0.0363. The lowest BCUT2D eigenvalue weighted by atomic mass is 10.3. The lowest BCUT2D eigenvalue weighted by Crippen LogP contribution is -2.24. The fourth-order valence-electron chi connectivity index (χ4n) is 0.995. The van der Waals surface area contributed by atoms with E-state index >= 15 is 0 Å². The Morgan fingerprint density at radius 1 is 0.933 bits per heavy atom. The Kier molecular flexibility index (Phi) is 8.76. The zero-order chi connectivity index (χ0) is 11.5. The molecule has 0 heterocycles. The number of rotatable bonds is 8. The van der Waals surface area contributed by atoms with E-state index < -0.39 is 0 Å². The van der Waals surface area contributed by atoms with Gasteiger partial charge < -0.3 is 15.4 Å². The van der Waals surface area contributed by atoms with E-state index in [4.69, 9.17) is 4.74 Å². The summed E-state index contributed by atoms with van der Waals surface area (Å²) in [4.78, 5) is 21.0. The lowest BCUT2D eigenvalue weighted by Gasteiger charge is -2.05. The fraction of sp³-hybridized carbons (Fsp3) is 0.800. The Morgan fingerprint density at radius 3 is 2.13 bits per heavy atom. The Labute approximate surface area is 90.6 Å². The molecule has 0 fully saturated rings. The number of amides is 2. The maximum atomic E-state index is 10.5. The molecular formula is C10H20N2O3. The average molecular weight is 216 g/mol. The van der Waals surface area contributed by atoms with Crippen molar-refractivity contribution in [2.24, 2.45) is 0 Å². The molecule has 0 aliphatic heterocycles. The van der Waals surface area contributed by atoms with Gasteiger partial charge in [0.05, 0.1) is 6.61 Å². The predicted octanol–water partition coefficient (Wildman–Crippen LogP) is 0.0554. The molecule has 0 saturated heterocycles. The van der Waals surface area contributed by atoms with Crippen molar-refractivity contribution in [2.75, 3.05) is 26.3 Å². The molecule has 0 unspecified atom stereocenters. The standard InChI is InChI=1S/C10H20N2O3/c1-9(13)11-5-3-4-7-15-8-6-12-10(2)14/h3-8H2,1-2H3,(H,11,13)(H,12,14). The molecule has 2 N–H and O–H groups in total. The molecule has 2 amide bonds. The van der Waals surface area contributed by atoms with Crippen LogP contribution in [-0.2, 0) is 14.3 Å². The van der Waals surface area contributed by atoms with E-state index in [0.29, 0.717) is 26.3 Å². The van der Waals surface area contributed by atoms with Crippen LogP contribution >= 0.6 is 0 Å². The highest BCUT2D eigenvalue weighted by Gasteiger charge is 1.93. The highest BCUT2D eigenvalue weighted by atomic mass is 16.5. The van der Waals surface area contributed by atoms with Crippen molar-refractivity contribution >= 4 is 11.8 Å². The van der Waals surface area contributed by atoms with Gasteiger partial charge >= 0.3 is 0 Å². The zero-order valence-electron chi connectivity index (χ0n) is 9.47. The van der Waals surface area contributed by atoms with Crippen LogP contribution in [0.1, 0.15) is 26.7 Å². The number of unbranched alkanes of at least 4 members (excludes halogenated alkanes) is 1. The largest absolute Gasteiger partial charge is 0.380 e. The molecular weight excluding hydrogens is 196 g/mol. The quantitative estimate of drug-likeness (QED) is 0.564. The predicted molar refractivity (Wildman–Crippen MR) is 57.4 cm³/mol. The van der Waals surface area contributed by atoms with Crippen LogP contribution in [0.4, 0.5) is 0 Å². The van der Waals surface area contributed by atoms with Gasteiger partial charge in [0.2, 0.25) is 11.8 Å². The van der Waals surface area contributed by atoms with Crippen molar-refractivity contribution in [1.82, 2.24) is 10.6 Å². The summed E-state index contributed by atoms with van der Waals surface area (Å²) in [6, 6.07) is 0. The van der Waals surface area contributed by atoms with Crippen LogP contribution in [-0.4, -0.2) is 38.1 Å². The molecule has 5 heteroatoms. The summed E-state index contributed by atoms with van der Waals surface area (Å²) in [7, 11) is 0. The maximum Gasteiger partial charge on any atom is 0.216 e. The van der Waals surface area contributed by atoms with E-state index in [1.807, 2.05) is 0 Å². The number of carbonyl (C=O) groups is 2. The maximum absolute atomic E-state index is 10.5. The minimum absolute atomic E-state index is 0.00146. The van der Waals surface area contributed by atoms with Crippen LogP contribution in [0, 0.1) is 0 Å². The second kappa shape index (κ2) is 9.45. The van der Waals surface area contributed by atoms with Crippen molar-refractivity contribution in [3.8, 4) is 0 Å². The first-order valence-electron chi connectivity index (χ1n) is 5.19. The molecule has 0 atom stereocenters. The molecule has 0 aromatic carbocycles. The first-order chi connectivity index (χ1) is 7.13. The Morgan fingerprint density at radius 2 is 1.53 bits per heavy atom. The molecule has 0 saturated carbocycles. The topological polar surface area (TPSA) is 67.4 Å². The Bertz CT molecular complexity index is 175. The summed E-state index contributed by atoms with van der Waals surface area (Å²) >= 11 is 0. The molecule has 0 aliphatic carbocycles. The molecule has 0 radical (unpaired) electrons. The molecule has 0 bridgehead atoms. The minimum Gasteiger partial charge on any atom is -0.380 e. The van der Waals surface area contributed by atoms with Crippen LogP contribution in [0.5, 0.6) is 0 Å². The number of ether oxygens (including phenoxy) is 1. The minimum atomic E-state index is -0.0377. The van der Waals surface area contributed by atoms with E-state index in [1.54, 1.807) is 0 Å². The van der Waals surface area contributed by atoms with Gasteiger partial charge in [0, 0.05) is 33.5 Å². The van der Waals surface area contributed by atoms with Gasteiger partial charge in [-0.15, -0.1) is 0 Å². The van der Waals surface area contributed by atoms with Gasteiger partial charge in [-0.2, -0.15) is 0 Å². The second-order valence-corrected chi connectivity index (χ2v) is 3.29. The normalized spacial score (nSPS) is 9.73. The average Bonchev–Trinajstić information content (AvgIpc) is 2.14. The smallest absolute Gasteiger partial charge is 0.216 e. The second-order valence-electron chi connectivity index (χ2n) is 3.29. The molecule has 88 valence electrons. The molecule has 0 rings (SSSR count). The van der Waals surface area contributed by atoms with E-state index in [9.17, 15) is 9.59 Å². The summed E-state index contributed by atoms with van der Waals surface area (Å²) in [6.45, 7) is 5.45. The van der Waals surface area contributed by atoms with Gasteiger partial charge in [0.1, 0.15) is 0 Å². The van der Waals surface area contributed by atoms with Gasteiger partial charge in [-0.1, -0.05) is 0 Å². The van der Waals surface area contributed by atoms with Gasteiger partial charge in [0.25, 0.3) is 0 Å². The summed E-state index contributed by atoms with van der Waals surface area (Å²) in [5, 5.41) is 5.35. The molecule has 15 heavy (non-hydrogen) atoms. The lowest BCUT2D eigenvalue weighted by molar-refractivity contribution is -0.119. The van der Waals surface area contributed by atoms with Gasteiger partial charge in [-0.05, 0) is 12.8 Å². The zero-order valence-corrected chi connectivity index (χ0v) is 9.47. The van der Waals surface area contributed by atoms with Gasteiger partial charge in [0.15, 0.2) is 0 Å². The number of carbonyl (C=O) groups excluding carboxylic acids is 2. The van der Waals surface area contributed by atoms with Crippen molar-refractivity contribution in [1.29, 1.82) is 0 Å². The monoisotopic (exact) mass is 216 g/mol. The van der Waals surface area contributed by atoms with Crippen LogP contribution in [0.3, 0.4) is 0 Å². The van der Waals surface area contributed by atoms with E-state index in [2.05, 4.69) is 10.6 Å². The van der Waals surface area contributed by atoms with Crippen LogP contribution in [0.15, 0.2) is 0 Å². The molecule has 0 aliphatic rings. The Balaban J connectivity index is 2.99. The molecule has 0 aromatic heterocycles. The van der Waals surface area contributed by atoms with Crippen LogP contribution in [0.25, 0.3) is 0 Å². The molecule has 0 spiro atoms. The fourth-order valence-corrected chi connectivity index (χ4v) is 0.995. The van der Waals surface area contributed by atoms with Gasteiger partial charge in [-0.3, -0.25) is 9.59 Å². The molecule has 0 aromatic rings. The number of hydrogen-bond donors (Lipinski definition) is 2. The number of nitrogens with one attached hydrogen (secondary N) is 2. The third-order valence-electron chi connectivity index (χ3n) is 1.71. The van der Waals surface area contributed by atoms with Crippen molar-refractivity contribution < 1.29 is 14.3 Å². The van der Waals surface area contributed by atoms with Gasteiger partial charge in [-0.25, -0.2) is 0 Å². The van der Waals surface area contributed by atoms with Crippen LogP contribution in [0.2, 0.25) is 0 Å². The first kappa shape index (κ1) is 13.9. The Hall–Kier alpha value is -1.10. The SMILES string of the molecule is CC(=O)NCCCCOCCNC(C)=O. The van der Waals surface area contributed by atoms with Crippen molar-refractivity contribution in [2.45, 2.75) is 26.7 Å². The molecule has 5 nitrogen and oxygen atoms in total. The summed E-state index contributed by atoms with van der Waals surface area (Å²) in [5.41, 5.74) is 0. The van der Waals surface area contributed by atoms with E-state index in [-0.39, 0.29) is 11.8 Å². The van der Waals surface area contributed by atoms with E-state index in [0.717, 1.165) is 12.8 Å². The summed E-state index contributed by atoms with van der Waals surface area (Å²) < 4.78 is 5.26. The summed E-state index contributed by atoms with van der Waals surface area (Å²) in [6.07, 6.45) is 1.83. The third kappa shape index (κ3) is 12.9.